The molecule has 0 spiro atoms. The minimum atomic E-state index is -4.24. The van der Waals surface area contributed by atoms with Crippen LogP contribution in [0.15, 0.2) is 70.7 Å². The lowest BCUT2D eigenvalue weighted by molar-refractivity contribution is 0.0922. The molecule has 9 nitrogen and oxygen atoms in total. The minimum Gasteiger partial charge on any atom is -0.497 e. The fraction of sp³-hybridized carbons (Fsp3) is 0.259. The summed E-state index contributed by atoms with van der Waals surface area (Å²) in [5, 5.41) is 0. The number of benzene rings is 2. The topological polar surface area (TPSA) is 111 Å². The predicted octanol–water partition coefficient (Wildman–Crippen LogP) is 4.58. The quantitative estimate of drug-likeness (QED) is 0.357. The first-order chi connectivity index (χ1) is 17.9. The Bertz CT molecular complexity index is 1620. The summed E-state index contributed by atoms with van der Waals surface area (Å²) in [7, 11) is -2.74. The van der Waals surface area contributed by atoms with Gasteiger partial charge in [0.05, 0.1) is 23.1 Å². The van der Waals surface area contributed by atoms with Crippen molar-refractivity contribution in [3.8, 4) is 5.75 Å². The fourth-order valence-corrected chi connectivity index (χ4v) is 6.94. The third-order valence-electron chi connectivity index (χ3n) is 7.14. The molecule has 0 bridgehead atoms. The molecule has 2 amide bonds. The van der Waals surface area contributed by atoms with Gasteiger partial charge in [-0.2, -0.15) is 0 Å². The third-order valence-corrected chi connectivity index (χ3v) is 8.94. The molecule has 1 saturated carbocycles. The highest BCUT2D eigenvalue weighted by Crippen LogP contribution is 2.45. The molecule has 37 heavy (non-hydrogen) atoms. The largest absolute Gasteiger partial charge is 0.497 e. The Kier molecular flexibility index (Phi) is 5.56. The lowest BCUT2D eigenvalue weighted by Gasteiger charge is -2.28. The summed E-state index contributed by atoms with van der Waals surface area (Å²) >= 11 is 0. The van der Waals surface area contributed by atoms with E-state index in [1.54, 1.807) is 41.0 Å². The Morgan fingerprint density at radius 3 is 2.11 bits per heavy atom. The SMILES string of the molecule is COc1ccc(S(=O)(=O)c2c(N3C(=O)c4ccccc4C3=O)n(C3CCCCC3)c3nccnc23)cc1. The van der Waals surface area contributed by atoms with Crippen molar-refractivity contribution >= 4 is 38.6 Å². The Morgan fingerprint density at radius 2 is 1.49 bits per heavy atom. The molecule has 0 N–H and O–H groups in total. The average Bonchev–Trinajstić information content (AvgIpc) is 3.41. The van der Waals surface area contributed by atoms with Gasteiger partial charge in [-0.15, -0.1) is 0 Å². The van der Waals surface area contributed by atoms with E-state index < -0.39 is 21.7 Å². The van der Waals surface area contributed by atoms with E-state index in [2.05, 4.69) is 9.97 Å². The predicted molar refractivity (Wildman–Crippen MR) is 136 cm³/mol. The number of fused-ring (bicyclic) bond motifs is 2. The number of rotatable bonds is 5. The number of hydrogen-bond donors (Lipinski definition) is 0. The van der Waals surface area contributed by atoms with E-state index in [4.69, 9.17) is 4.74 Å². The van der Waals surface area contributed by atoms with Gasteiger partial charge in [0, 0.05) is 18.4 Å². The van der Waals surface area contributed by atoms with Gasteiger partial charge in [0.2, 0.25) is 9.84 Å². The van der Waals surface area contributed by atoms with Crippen LogP contribution in [0.1, 0.15) is 58.9 Å². The Hall–Kier alpha value is -4.05. The van der Waals surface area contributed by atoms with Crippen molar-refractivity contribution in [2.24, 2.45) is 0 Å². The highest BCUT2D eigenvalue weighted by molar-refractivity contribution is 7.92. The maximum Gasteiger partial charge on any atom is 0.267 e. The number of aromatic nitrogens is 3. The van der Waals surface area contributed by atoms with Gasteiger partial charge in [0.15, 0.2) is 5.65 Å². The number of carbonyl (C=O) groups excluding carboxylic acids is 2. The number of nitrogens with zero attached hydrogens (tertiary/aromatic N) is 4. The number of imide groups is 1. The van der Waals surface area contributed by atoms with Crippen LogP contribution >= 0.6 is 0 Å². The molecule has 2 aliphatic rings. The lowest BCUT2D eigenvalue weighted by Crippen LogP contribution is -2.33. The molecule has 1 aliphatic heterocycles. The van der Waals surface area contributed by atoms with Gasteiger partial charge in [0.25, 0.3) is 11.8 Å². The molecule has 2 aromatic heterocycles. The van der Waals surface area contributed by atoms with Crippen LogP contribution in [-0.2, 0) is 9.84 Å². The van der Waals surface area contributed by atoms with Crippen molar-refractivity contribution in [1.82, 2.24) is 14.5 Å². The van der Waals surface area contributed by atoms with Gasteiger partial charge in [-0.05, 0) is 49.2 Å². The van der Waals surface area contributed by atoms with E-state index in [1.807, 2.05) is 0 Å². The zero-order valence-electron chi connectivity index (χ0n) is 20.1. The molecule has 2 aromatic carbocycles. The Labute approximate surface area is 213 Å². The molecule has 0 radical (unpaired) electrons. The second-order valence-electron chi connectivity index (χ2n) is 9.21. The summed E-state index contributed by atoms with van der Waals surface area (Å²) in [6.07, 6.45) is 7.45. The molecular weight excluding hydrogens is 492 g/mol. The standard InChI is InChI=1S/C27H24N4O5S/c1-36-18-11-13-19(14-12-18)37(34,35)23-22-24(29-16-15-28-22)30(17-7-3-2-4-8-17)25(23)31-26(32)20-9-5-6-10-21(20)27(31)33/h5-6,9-17H,2-4,7-8H2,1H3. The van der Waals surface area contributed by atoms with Gasteiger partial charge < -0.3 is 9.30 Å². The number of carbonyl (C=O) groups is 2. The van der Waals surface area contributed by atoms with Crippen molar-refractivity contribution in [3.05, 3.63) is 72.1 Å². The van der Waals surface area contributed by atoms with Crippen LogP contribution < -0.4 is 9.64 Å². The van der Waals surface area contributed by atoms with Crippen molar-refractivity contribution in [1.29, 1.82) is 0 Å². The minimum absolute atomic E-state index is 0.000457. The molecule has 188 valence electrons. The van der Waals surface area contributed by atoms with Crippen molar-refractivity contribution in [2.75, 3.05) is 12.0 Å². The maximum atomic E-state index is 14.2. The molecule has 0 unspecified atom stereocenters. The summed E-state index contributed by atoms with van der Waals surface area (Å²) < 4.78 is 35.4. The zero-order chi connectivity index (χ0) is 25.7. The summed E-state index contributed by atoms with van der Waals surface area (Å²) in [5.74, 6) is -0.614. The molecular formula is C27H24N4O5S. The van der Waals surface area contributed by atoms with Gasteiger partial charge in [-0.1, -0.05) is 31.4 Å². The fourth-order valence-electron chi connectivity index (χ4n) is 5.38. The normalized spacial score (nSPS) is 16.4. The highest BCUT2D eigenvalue weighted by atomic mass is 32.2. The number of sulfone groups is 1. The summed E-state index contributed by atoms with van der Waals surface area (Å²) in [6, 6.07) is 12.4. The highest BCUT2D eigenvalue weighted by Gasteiger charge is 2.44. The van der Waals surface area contributed by atoms with E-state index in [9.17, 15) is 18.0 Å². The van der Waals surface area contributed by atoms with E-state index in [1.165, 1.54) is 31.6 Å². The maximum absolute atomic E-state index is 14.2. The molecule has 0 saturated heterocycles. The molecule has 1 aliphatic carbocycles. The zero-order valence-corrected chi connectivity index (χ0v) is 20.9. The van der Waals surface area contributed by atoms with Crippen molar-refractivity contribution in [3.63, 3.8) is 0 Å². The third kappa shape index (κ3) is 3.54. The number of ether oxygens (including phenoxy) is 1. The molecule has 0 atom stereocenters. The summed E-state index contributed by atoms with van der Waals surface area (Å²) in [6.45, 7) is 0. The van der Waals surface area contributed by atoms with E-state index in [0.29, 0.717) is 11.4 Å². The van der Waals surface area contributed by atoms with Crippen LogP contribution in [0.4, 0.5) is 5.82 Å². The number of anilines is 1. The molecule has 1 fully saturated rings. The van der Waals surface area contributed by atoms with Crippen LogP contribution in [0.3, 0.4) is 0 Å². The summed E-state index contributed by atoms with van der Waals surface area (Å²) in [4.78, 5) is 37.0. The number of amides is 2. The van der Waals surface area contributed by atoms with Gasteiger partial charge in [-0.25, -0.2) is 23.3 Å². The number of hydrogen-bond acceptors (Lipinski definition) is 7. The van der Waals surface area contributed by atoms with Crippen LogP contribution in [0.2, 0.25) is 0 Å². The van der Waals surface area contributed by atoms with Crippen molar-refractivity contribution < 1.29 is 22.7 Å². The van der Waals surface area contributed by atoms with E-state index >= 15 is 0 Å². The van der Waals surface area contributed by atoms with Crippen LogP contribution in [0.25, 0.3) is 11.2 Å². The molecule has 4 aromatic rings. The molecule has 6 rings (SSSR count). The Balaban J connectivity index is 1.67. The van der Waals surface area contributed by atoms with Gasteiger partial charge in [0.1, 0.15) is 22.0 Å². The first kappa shape index (κ1) is 23.4. The molecule has 3 heterocycles. The van der Waals surface area contributed by atoms with Crippen LogP contribution in [0.5, 0.6) is 5.75 Å². The number of methoxy groups -OCH3 is 1. The monoisotopic (exact) mass is 516 g/mol. The Morgan fingerprint density at radius 1 is 0.865 bits per heavy atom. The van der Waals surface area contributed by atoms with E-state index in [0.717, 1.165) is 37.0 Å². The van der Waals surface area contributed by atoms with Gasteiger partial charge in [-0.3, -0.25) is 9.59 Å². The van der Waals surface area contributed by atoms with Crippen LogP contribution in [-0.4, -0.2) is 41.9 Å². The summed E-state index contributed by atoms with van der Waals surface area (Å²) in [5.41, 5.74) is 0.951. The van der Waals surface area contributed by atoms with Gasteiger partial charge >= 0.3 is 0 Å². The van der Waals surface area contributed by atoms with E-state index in [-0.39, 0.29) is 38.3 Å². The lowest BCUT2D eigenvalue weighted by atomic mass is 9.95. The second-order valence-corrected chi connectivity index (χ2v) is 11.1. The first-order valence-corrected chi connectivity index (χ1v) is 13.6. The second kappa shape index (κ2) is 8.81. The average molecular weight is 517 g/mol. The van der Waals surface area contributed by atoms with Crippen LogP contribution in [0, 0.1) is 0 Å². The smallest absolute Gasteiger partial charge is 0.267 e. The van der Waals surface area contributed by atoms with Crippen molar-refractivity contribution in [2.45, 2.75) is 47.9 Å². The first-order valence-electron chi connectivity index (χ1n) is 12.2. The molecule has 10 heteroatoms.